The molecule has 3 rings (SSSR count). The molecule has 2 aliphatic rings. The molecule has 0 spiro atoms. The lowest BCUT2D eigenvalue weighted by molar-refractivity contribution is -0.121. The first-order chi connectivity index (χ1) is 11.3. The van der Waals surface area contributed by atoms with Gasteiger partial charge in [0.15, 0.2) is 0 Å². The van der Waals surface area contributed by atoms with Gasteiger partial charge in [0.25, 0.3) is 0 Å². The monoisotopic (exact) mass is 315 g/mol. The number of amides is 1. The maximum absolute atomic E-state index is 12.2. The normalized spacial score (nSPS) is 21.7. The van der Waals surface area contributed by atoms with Gasteiger partial charge in [-0.1, -0.05) is 24.3 Å². The van der Waals surface area contributed by atoms with Gasteiger partial charge >= 0.3 is 0 Å². The summed E-state index contributed by atoms with van der Waals surface area (Å²) in [6.07, 6.45) is 5.21. The SMILES string of the molecule is O=C(CC1CCCc2ccccc21)NCCCN1CCNCC1. The predicted molar refractivity (Wildman–Crippen MR) is 93.7 cm³/mol. The van der Waals surface area contributed by atoms with E-state index in [4.69, 9.17) is 0 Å². The lowest BCUT2D eigenvalue weighted by Crippen LogP contribution is -2.44. The lowest BCUT2D eigenvalue weighted by atomic mass is 9.81. The fourth-order valence-electron chi connectivity index (χ4n) is 3.83. The van der Waals surface area contributed by atoms with E-state index >= 15 is 0 Å². The molecule has 1 heterocycles. The van der Waals surface area contributed by atoms with E-state index in [0.29, 0.717) is 12.3 Å². The maximum Gasteiger partial charge on any atom is 0.220 e. The Morgan fingerprint density at radius 2 is 2.09 bits per heavy atom. The van der Waals surface area contributed by atoms with E-state index in [1.54, 1.807) is 0 Å². The Kier molecular flexibility index (Phi) is 6.06. The molecular formula is C19H29N3O. The van der Waals surface area contributed by atoms with Gasteiger partial charge in [-0.2, -0.15) is 0 Å². The van der Waals surface area contributed by atoms with Crippen molar-refractivity contribution in [1.82, 2.24) is 15.5 Å². The second kappa shape index (κ2) is 8.46. The summed E-state index contributed by atoms with van der Waals surface area (Å²) < 4.78 is 0. The molecule has 1 atom stereocenters. The highest BCUT2D eigenvalue weighted by Crippen LogP contribution is 2.33. The maximum atomic E-state index is 12.2. The molecule has 126 valence electrons. The van der Waals surface area contributed by atoms with Crippen molar-refractivity contribution in [3.8, 4) is 0 Å². The van der Waals surface area contributed by atoms with Crippen LogP contribution in [0.3, 0.4) is 0 Å². The molecule has 1 aromatic rings. The number of hydrogen-bond acceptors (Lipinski definition) is 3. The van der Waals surface area contributed by atoms with Crippen molar-refractivity contribution in [2.45, 2.75) is 38.0 Å². The van der Waals surface area contributed by atoms with Gasteiger partial charge in [-0.25, -0.2) is 0 Å². The van der Waals surface area contributed by atoms with E-state index in [1.165, 1.54) is 24.0 Å². The van der Waals surface area contributed by atoms with Gasteiger partial charge in [-0.15, -0.1) is 0 Å². The minimum atomic E-state index is 0.215. The molecule has 1 aliphatic heterocycles. The number of carbonyl (C=O) groups excluding carboxylic acids is 1. The van der Waals surface area contributed by atoms with Crippen molar-refractivity contribution in [3.63, 3.8) is 0 Å². The fourth-order valence-corrected chi connectivity index (χ4v) is 3.83. The zero-order valence-electron chi connectivity index (χ0n) is 14.0. The van der Waals surface area contributed by atoms with Crippen molar-refractivity contribution in [1.29, 1.82) is 0 Å². The zero-order valence-corrected chi connectivity index (χ0v) is 14.0. The number of hydrogen-bond donors (Lipinski definition) is 2. The van der Waals surface area contributed by atoms with Crippen LogP contribution in [0.1, 0.15) is 42.7 Å². The Bertz CT molecular complexity index is 511. The molecule has 1 aliphatic carbocycles. The lowest BCUT2D eigenvalue weighted by Gasteiger charge is -2.27. The number of rotatable bonds is 6. The summed E-state index contributed by atoms with van der Waals surface area (Å²) in [6, 6.07) is 8.63. The van der Waals surface area contributed by atoms with E-state index < -0.39 is 0 Å². The van der Waals surface area contributed by atoms with Crippen LogP contribution < -0.4 is 10.6 Å². The molecule has 1 saturated heterocycles. The third-order valence-electron chi connectivity index (χ3n) is 5.11. The first-order valence-corrected chi connectivity index (χ1v) is 9.10. The average molecular weight is 315 g/mol. The van der Waals surface area contributed by atoms with Crippen molar-refractivity contribution >= 4 is 5.91 Å². The Morgan fingerprint density at radius 1 is 1.26 bits per heavy atom. The van der Waals surface area contributed by atoms with Gasteiger partial charge in [0, 0.05) is 39.1 Å². The minimum absolute atomic E-state index is 0.215. The van der Waals surface area contributed by atoms with Gasteiger partial charge in [-0.3, -0.25) is 4.79 Å². The Labute approximate surface area is 139 Å². The molecule has 4 nitrogen and oxygen atoms in total. The molecular weight excluding hydrogens is 286 g/mol. The standard InChI is InChI=1S/C19H29N3O/c23-19(21-9-4-12-22-13-10-20-11-14-22)15-17-7-3-6-16-5-1-2-8-18(16)17/h1-2,5,8,17,20H,3-4,6-7,9-15H2,(H,21,23). The molecule has 0 saturated carbocycles. The van der Waals surface area contributed by atoms with Crippen LogP contribution in [0, 0.1) is 0 Å². The van der Waals surface area contributed by atoms with E-state index in [9.17, 15) is 4.79 Å². The van der Waals surface area contributed by atoms with Crippen LogP contribution in [0.2, 0.25) is 0 Å². The first kappa shape index (κ1) is 16.5. The molecule has 1 unspecified atom stereocenters. The van der Waals surface area contributed by atoms with Gasteiger partial charge in [0.05, 0.1) is 0 Å². The highest BCUT2D eigenvalue weighted by molar-refractivity contribution is 5.77. The van der Waals surface area contributed by atoms with Crippen LogP contribution in [-0.2, 0) is 11.2 Å². The minimum Gasteiger partial charge on any atom is -0.356 e. The van der Waals surface area contributed by atoms with Crippen molar-refractivity contribution in [2.75, 3.05) is 39.3 Å². The quantitative estimate of drug-likeness (QED) is 0.788. The number of nitrogens with zero attached hydrogens (tertiary/aromatic N) is 1. The summed E-state index contributed by atoms with van der Waals surface area (Å²) in [5.74, 6) is 0.625. The summed E-state index contributed by atoms with van der Waals surface area (Å²) in [4.78, 5) is 14.7. The Morgan fingerprint density at radius 3 is 2.96 bits per heavy atom. The first-order valence-electron chi connectivity index (χ1n) is 9.10. The van der Waals surface area contributed by atoms with Crippen molar-refractivity contribution < 1.29 is 4.79 Å². The predicted octanol–water partition coefficient (Wildman–Crippen LogP) is 1.91. The molecule has 23 heavy (non-hydrogen) atoms. The molecule has 0 radical (unpaired) electrons. The van der Waals surface area contributed by atoms with Gasteiger partial charge in [0.2, 0.25) is 5.91 Å². The van der Waals surface area contributed by atoms with Crippen LogP contribution in [0.25, 0.3) is 0 Å². The largest absolute Gasteiger partial charge is 0.356 e. The number of benzene rings is 1. The topological polar surface area (TPSA) is 44.4 Å². The molecule has 0 aromatic heterocycles. The highest BCUT2D eigenvalue weighted by Gasteiger charge is 2.22. The summed E-state index contributed by atoms with van der Waals surface area (Å²) >= 11 is 0. The smallest absolute Gasteiger partial charge is 0.220 e. The zero-order chi connectivity index (χ0) is 15.9. The number of nitrogens with one attached hydrogen (secondary N) is 2. The van der Waals surface area contributed by atoms with Gasteiger partial charge in [0.1, 0.15) is 0 Å². The molecule has 1 fully saturated rings. The van der Waals surface area contributed by atoms with Crippen LogP contribution >= 0.6 is 0 Å². The fraction of sp³-hybridized carbons (Fsp3) is 0.632. The number of piperazine rings is 1. The second-order valence-electron chi connectivity index (χ2n) is 6.79. The van der Waals surface area contributed by atoms with Crippen LogP contribution in [0.15, 0.2) is 24.3 Å². The van der Waals surface area contributed by atoms with Crippen LogP contribution in [0.4, 0.5) is 0 Å². The van der Waals surface area contributed by atoms with Gasteiger partial charge < -0.3 is 15.5 Å². The number of carbonyl (C=O) groups is 1. The van der Waals surface area contributed by atoms with E-state index in [1.807, 2.05) is 0 Å². The highest BCUT2D eigenvalue weighted by atomic mass is 16.1. The number of fused-ring (bicyclic) bond motifs is 1. The van der Waals surface area contributed by atoms with Crippen molar-refractivity contribution in [2.24, 2.45) is 0 Å². The molecule has 1 aromatic carbocycles. The molecule has 2 N–H and O–H groups in total. The van der Waals surface area contributed by atoms with Crippen LogP contribution in [-0.4, -0.2) is 50.1 Å². The van der Waals surface area contributed by atoms with E-state index in [0.717, 1.165) is 52.1 Å². The van der Waals surface area contributed by atoms with E-state index in [-0.39, 0.29) is 5.91 Å². The average Bonchev–Trinajstić information content (AvgIpc) is 2.60. The summed E-state index contributed by atoms with van der Waals surface area (Å²) in [6.45, 7) is 6.34. The Hall–Kier alpha value is -1.39. The third kappa shape index (κ3) is 4.79. The molecule has 0 bridgehead atoms. The third-order valence-corrected chi connectivity index (χ3v) is 5.11. The number of aryl methyl sites for hydroxylation is 1. The van der Waals surface area contributed by atoms with Crippen molar-refractivity contribution in [3.05, 3.63) is 35.4 Å². The summed E-state index contributed by atoms with van der Waals surface area (Å²) in [5.41, 5.74) is 2.84. The summed E-state index contributed by atoms with van der Waals surface area (Å²) in [7, 11) is 0. The Balaban J connectivity index is 1.38. The summed E-state index contributed by atoms with van der Waals surface area (Å²) in [5, 5.41) is 6.48. The van der Waals surface area contributed by atoms with Crippen LogP contribution in [0.5, 0.6) is 0 Å². The second-order valence-corrected chi connectivity index (χ2v) is 6.79. The van der Waals surface area contributed by atoms with Gasteiger partial charge in [-0.05, 0) is 49.3 Å². The molecule has 1 amide bonds. The molecule has 4 heteroatoms. The van der Waals surface area contributed by atoms with E-state index in [2.05, 4.69) is 39.8 Å².